The standard InChI is InChI=1S/C25H18F5N5O2/c1-33(2)21-9-7-14-22(36)16(11-34(23(14)31-21)20-8-6-13(26)10-19(20)28)24(37)32-35-12-15-17(25(35,29)30)4-3-5-18(15)27/h3-11H,12H2,1-2H3,(H,32,37). The van der Waals surface area contributed by atoms with E-state index >= 15 is 0 Å². The van der Waals surface area contributed by atoms with E-state index in [0.717, 1.165) is 41.1 Å². The van der Waals surface area contributed by atoms with Crippen molar-refractivity contribution in [2.75, 3.05) is 19.0 Å². The van der Waals surface area contributed by atoms with E-state index in [-0.39, 0.29) is 27.3 Å². The Bertz CT molecular complexity index is 1640. The molecule has 0 spiro atoms. The van der Waals surface area contributed by atoms with Gasteiger partial charge in [-0.3, -0.25) is 19.6 Å². The van der Waals surface area contributed by atoms with Crippen molar-refractivity contribution in [3.05, 3.63) is 99.1 Å². The van der Waals surface area contributed by atoms with Crippen molar-refractivity contribution in [2.24, 2.45) is 0 Å². The van der Waals surface area contributed by atoms with Crippen LogP contribution in [0.25, 0.3) is 16.7 Å². The molecule has 0 saturated carbocycles. The van der Waals surface area contributed by atoms with Crippen LogP contribution < -0.4 is 15.8 Å². The second-order valence-corrected chi connectivity index (χ2v) is 8.61. The maximum Gasteiger partial charge on any atom is 0.348 e. The van der Waals surface area contributed by atoms with Gasteiger partial charge in [-0.2, -0.15) is 8.78 Å². The highest BCUT2D eigenvalue weighted by molar-refractivity contribution is 5.97. The van der Waals surface area contributed by atoms with Crippen LogP contribution >= 0.6 is 0 Å². The van der Waals surface area contributed by atoms with E-state index in [1.807, 2.05) is 5.43 Å². The SMILES string of the molecule is CN(C)c1ccc2c(=O)c(C(=O)NN3Cc4c(F)cccc4C3(F)F)cn(-c3ccc(F)cc3F)c2n1. The molecule has 0 atom stereocenters. The number of carbonyl (C=O) groups is 1. The van der Waals surface area contributed by atoms with Crippen LogP contribution in [0.15, 0.2) is 59.5 Å². The number of hydrogen-bond acceptors (Lipinski definition) is 5. The van der Waals surface area contributed by atoms with Gasteiger partial charge in [0.1, 0.15) is 28.8 Å². The number of rotatable bonds is 4. The minimum atomic E-state index is -3.76. The summed E-state index contributed by atoms with van der Waals surface area (Å²) >= 11 is 0. The Morgan fingerprint density at radius 1 is 1.05 bits per heavy atom. The van der Waals surface area contributed by atoms with E-state index in [1.54, 1.807) is 19.0 Å². The smallest absolute Gasteiger partial charge is 0.348 e. The molecule has 12 heteroatoms. The van der Waals surface area contributed by atoms with Crippen molar-refractivity contribution in [3.8, 4) is 5.69 Å². The number of hydrazine groups is 1. The van der Waals surface area contributed by atoms with Gasteiger partial charge in [0, 0.05) is 37.5 Å². The Kier molecular flexibility index (Phi) is 5.71. The van der Waals surface area contributed by atoms with Crippen LogP contribution in [0.2, 0.25) is 0 Å². The van der Waals surface area contributed by atoms with E-state index < -0.39 is 52.5 Å². The fourth-order valence-electron chi connectivity index (χ4n) is 4.16. The van der Waals surface area contributed by atoms with Gasteiger partial charge in [0.05, 0.1) is 17.6 Å². The molecule has 0 saturated heterocycles. The predicted octanol–water partition coefficient (Wildman–Crippen LogP) is 4.08. The molecule has 1 amide bonds. The Hall–Kier alpha value is -4.32. The molecule has 0 fully saturated rings. The Morgan fingerprint density at radius 3 is 2.49 bits per heavy atom. The van der Waals surface area contributed by atoms with Crippen molar-refractivity contribution < 1.29 is 26.7 Å². The Balaban J connectivity index is 1.63. The van der Waals surface area contributed by atoms with Crippen molar-refractivity contribution >= 4 is 22.8 Å². The number of nitrogens with one attached hydrogen (secondary N) is 1. The van der Waals surface area contributed by atoms with Crippen LogP contribution in [0.4, 0.5) is 27.8 Å². The summed E-state index contributed by atoms with van der Waals surface area (Å²) in [5.41, 5.74) is -0.662. The number of halogens is 5. The van der Waals surface area contributed by atoms with Gasteiger partial charge < -0.3 is 4.90 Å². The number of benzene rings is 2. The van der Waals surface area contributed by atoms with Crippen LogP contribution in [-0.2, 0) is 12.6 Å². The van der Waals surface area contributed by atoms with Gasteiger partial charge in [-0.1, -0.05) is 12.1 Å². The molecule has 1 aliphatic rings. The van der Waals surface area contributed by atoms with Gasteiger partial charge in [-0.25, -0.2) is 18.2 Å². The fraction of sp³-hybridized carbons (Fsp3) is 0.160. The number of fused-ring (bicyclic) bond motifs is 2. The molecule has 2 aromatic carbocycles. The number of hydrogen-bond donors (Lipinski definition) is 1. The van der Waals surface area contributed by atoms with Gasteiger partial charge >= 0.3 is 6.05 Å². The molecule has 1 N–H and O–H groups in total. The summed E-state index contributed by atoms with van der Waals surface area (Å²) in [6.07, 6.45) is 0.949. The van der Waals surface area contributed by atoms with Gasteiger partial charge in [0.25, 0.3) is 5.91 Å². The first kappa shape index (κ1) is 24.4. The largest absolute Gasteiger partial charge is 0.363 e. The third kappa shape index (κ3) is 3.99. The van der Waals surface area contributed by atoms with E-state index in [9.17, 15) is 31.5 Å². The third-order valence-corrected chi connectivity index (χ3v) is 6.04. The van der Waals surface area contributed by atoms with E-state index in [0.29, 0.717) is 11.9 Å². The first-order valence-corrected chi connectivity index (χ1v) is 10.9. The molecule has 0 bridgehead atoms. The summed E-state index contributed by atoms with van der Waals surface area (Å²) in [5, 5.41) is 0.118. The van der Waals surface area contributed by atoms with Crippen LogP contribution in [-0.4, -0.2) is 34.6 Å². The number of pyridine rings is 2. The average molecular weight is 515 g/mol. The van der Waals surface area contributed by atoms with Crippen LogP contribution in [0.5, 0.6) is 0 Å². The molecule has 5 rings (SSSR count). The van der Waals surface area contributed by atoms with Crippen molar-refractivity contribution in [3.63, 3.8) is 0 Å². The number of anilines is 1. The third-order valence-electron chi connectivity index (χ3n) is 6.04. The number of amides is 1. The lowest BCUT2D eigenvalue weighted by Crippen LogP contribution is -2.48. The maximum atomic E-state index is 14.9. The molecule has 0 unspecified atom stereocenters. The minimum Gasteiger partial charge on any atom is -0.363 e. The normalized spacial score (nSPS) is 14.6. The monoisotopic (exact) mass is 515 g/mol. The molecule has 0 radical (unpaired) electrons. The highest BCUT2D eigenvalue weighted by Crippen LogP contribution is 2.41. The van der Waals surface area contributed by atoms with Crippen LogP contribution in [0.3, 0.4) is 0 Å². The molecular formula is C25H18F5N5O2. The summed E-state index contributed by atoms with van der Waals surface area (Å²) in [6, 6.07) is 4.98. The molecule has 2 aromatic heterocycles. The Labute approximate surface area is 206 Å². The van der Waals surface area contributed by atoms with Crippen molar-refractivity contribution in [1.82, 2.24) is 20.0 Å². The molecule has 3 heterocycles. The topological polar surface area (TPSA) is 70.5 Å². The van der Waals surface area contributed by atoms with Gasteiger partial charge in [0.2, 0.25) is 5.43 Å². The lowest BCUT2D eigenvalue weighted by atomic mass is 10.1. The first-order chi connectivity index (χ1) is 17.5. The first-order valence-electron chi connectivity index (χ1n) is 10.9. The molecule has 37 heavy (non-hydrogen) atoms. The van der Waals surface area contributed by atoms with Gasteiger partial charge in [-0.05, 0) is 30.3 Å². The molecular weight excluding hydrogens is 497 g/mol. The fourth-order valence-corrected chi connectivity index (χ4v) is 4.16. The summed E-state index contributed by atoms with van der Waals surface area (Å²) < 4.78 is 73.4. The molecule has 190 valence electrons. The quantitative estimate of drug-likeness (QED) is 0.328. The van der Waals surface area contributed by atoms with Gasteiger partial charge in [-0.15, -0.1) is 5.01 Å². The van der Waals surface area contributed by atoms with Crippen LogP contribution in [0.1, 0.15) is 21.5 Å². The predicted molar refractivity (Wildman–Crippen MR) is 125 cm³/mol. The zero-order valence-corrected chi connectivity index (χ0v) is 19.4. The number of carbonyl (C=O) groups excluding carboxylic acids is 1. The zero-order valence-electron chi connectivity index (χ0n) is 19.4. The maximum absolute atomic E-state index is 14.9. The number of alkyl halides is 2. The minimum absolute atomic E-state index is 0.0424. The highest BCUT2D eigenvalue weighted by Gasteiger charge is 2.49. The van der Waals surface area contributed by atoms with E-state index in [4.69, 9.17) is 0 Å². The lowest BCUT2D eigenvalue weighted by molar-refractivity contribution is -0.163. The summed E-state index contributed by atoms with van der Waals surface area (Å²) in [4.78, 5) is 32.3. The second kappa shape index (κ2) is 8.66. The van der Waals surface area contributed by atoms with Crippen molar-refractivity contribution in [1.29, 1.82) is 0 Å². The summed E-state index contributed by atoms with van der Waals surface area (Å²) in [7, 11) is 3.38. The van der Waals surface area contributed by atoms with Gasteiger partial charge in [0.15, 0.2) is 5.65 Å². The van der Waals surface area contributed by atoms with Crippen molar-refractivity contribution in [2.45, 2.75) is 12.6 Å². The molecule has 4 aromatic rings. The second-order valence-electron chi connectivity index (χ2n) is 8.61. The molecule has 0 aliphatic carbocycles. The number of aromatic nitrogens is 2. The highest BCUT2D eigenvalue weighted by atomic mass is 19.3. The van der Waals surface area contributed by atoms with E-state index in [1.165, 1.54) is 12.1 Å². The molecule has 1 aliphatic heterocycles. The summed E-state index contributed by atoms with van der Waals surface area (Å²) in [6.45, 7) is -0.650. The Morgan fingerprint density at radius 2 is 1.81 bits per heavy atom. The summed E-state index contributed by atoms with van der Waals surface area (Å²) in [5.74, 6) is -3.55. The van der Waals surface area contributed by atoms with E-state index in [2.05, 4.69) is 4.98 Å². The van der Waals surface area contributed by atoms with Crippen LogP contribution in [0, 0.1) is 17.5 Å². The lowest BCUT2D eigenvalue weighted by Gasteiger charge is -2.24. The zero-order chi connectivity index (χ0) is 26.6. The number of nitrogens with zero attached hydrogens (tertiary/aromatic N) is 4. The molecule has 7 nitrogen and oxygen atoms in total. The average Bonchev–Trinajstić information content (AvgIpc) is 3.10.